The number of methoxy groups -OCH3 is 1. The zero-order valence-electron chi connectivity index (χ0n) is 13.2. The van der Waals surface area contributed by atoms with E-state index in [2.05, 4.69) is 11.9 Å². The molecule has 1 amide bonds. The molecule has 0 radical (unpaired) electrons. The number of amides is 1. The molecule has 0 spiro atoms. The summed E-state index contributed by atoms with van der Waals surface area (Å²) in [6, 6.07) is 16.9. The summed E-state index contributed by atoms with van der Waals surface area (Å²) in [6.45, 7) is 3.98. The van der Waals surface area contributed by atoms with E-state index in [1.165, 1.54) is 0 Å². The van der Waals surface area contributed by atoms with Gasteiger partial charge in [-0.05, 0) is 18.1 Å². The van der Waals surface area contributed by atoms with Gasteiger partial charge in [0.05, 0.1) is 13.2 Å². The van der Waals surface area contributed by atoms with Crippen molar-refractivity contribution in [3.8, 4) is 5.75 Å². The zero-order chi connectivity index (χ0) is 16.5. The molecule has 0 aliphatic heterocycles. The second-order valence-corrected chi connectivity index (χ2v) is 5.02. The molecule has 0 fully saturated rings. The van der Waals surface area contributed by atoms with Crippen molar-refractivity contribution < 1.29 is 14.3 Å². The van der Waals surface area contributed by atoms with Gasteiger partial charge < -0.3 is 14.8 Å². The van der Waals surface area contributed by atoms with Crippen molar-refractivity contribution in [3.05, 3.63) is 78.4 Å². The van der Waals surface area contributed by atoms with Gasteiger partial charge in [-0.2, -0.15) is 0 Å². The molecule has 2 aromatic carbocycles. The van der Waals surface area contributed by atoms with Gasteiger partial charge in [-0.1, -0.05) is 54.6 Å². The van der Waals surface area contributed by atoms with E-state index >= 15 is 0 Å². The van der Waals surface area contributed by atoms with E-state index in [1.54, 1.807) is 13.2 Å². The largest absolute Gasteiger partial charge is 0.496 e. The molecule has 2 rings (SSSR count). The van der Waals surface area contributed by atoms with Crippen LogP contribution in [-0.4, -0.2) is 13.2 Å². The van der Waals surface area contributed by atoms with Crippen molar-refractivity contribution in [3.63, 3.8) is 0 Å². The summed E-state index contributed by atoms with van der Waals surface area (Å²) in [6.07, 6.45) is 1.88. The molecule has 0 aromatic heterocycles. The van der Waals surface area contributed by atoms with E-state index in [0.717, 1.165) is 16.9 Å². The van der Waals surface area contributed by atoms with Crippen LogP contribution in [0.25, 0.3) is 0 Å². The lowest BCUT2D eigenvalue weighted by atomic mass is 10.0. The fraction of sp³-hybridized carbons (Fsp3) is 0.211. The normalized spacial score (nSPS) is 11.3. The smallest absolute Gasteiger partial charge is 0.407 e. The number of alkyl carbamates (subject to hydrolysis) is 1. The van der Waals surface area contributed by atoms with Crippen LogP contribution in [0.4, 0.5) is 4.79 Å². The summed E-state index contributed by atoms with van der Waals surface area (Å²) in [5.41, 5.74) is 1.84. The molecule has 4 nitrogen and oxygen atoms in total. The summed E-state index contributed by atoms with van der Waals surface area (Å²) >= 11 is 0. The minimum atomic E-state index is -0.466. The summed E-state index contributed by atoms with van der Waals surface area (Å²) in [5, 5.41) is 2.87. The van der Waals surface area contributed by atoms with Crippen molar-refractivity contribution in [1.82, 2.24) is 5.32 Å². The highest BCUT2D eigenvalue weighted by Crippen LogP contribution is 2.27. The third-order valence-corrected chi connectivity index (χ3v) is 3.42. The van der Waals surface area contributed by atoms with Crippen LogP contribution in [0.5, 0.6) is 5.75 Å². The van der Waals surface area contributed by atoms with Gasteiger partial charge in [0.2, 0.25) is 0 Å². The second kappa shape index (κ2) is 8.63. The Balaban J connectivity index is 2.01. The zero-order valence-corrected chi connectivity index (χ0v) is 13.2. The first-order valence-corrected chi connectivity index (χ1v) is 7.45. The van der Waals surface area contributed by atoms with Crippen molar-refractivity contribution in [2.24, 2.45) is 0 Å². The third-order valence-electron chi connectivity index (χ3n) is 3.42. The third kappa shape index (κ3) is 4.88. The first-order valence-electron chi connectivity index (χ1n) is 7.45. The minimum absolute atomic E-state index is 0.236. The summed E-state index contributed by atoms with van der Waals surface area (Å²) in [5.74, 6) is 0.725. The van der Waals surface area contributed by atoms with Gasteiger partial charge in [-0.15, -0.1) is 6.58 Å². The van der Waals surface area contributed by atoms with Gasteiger partial charge in [-0.3, -0.25) is 0 Å². The van der Waals surface area contributed by atoms with Gasteiger partial charge in [-0.25, -0.2) is 4.79 Å². The van der Waals surface area contributed by atoms with Crippen molar-refractivity contribution in [1.29, 1.82) is 0 Å². The van der Waals surface area contributed by atoms with E-state index in [9.17, 15) is 4.79 Å². The number of carbonyl (C=O) groups is 1. The molecule has 0 aliphatic carbocycles. The van der Waals surface area contributed by atoms with Gasteiger partial charge in [0.1, 0.15) is 12.4 Å². The summed E-state index contributed by atoms with van der Waals surface area (Å²) in [4.78, 5) is 12.1. The highest BCUT2D eigenvalue weighted by atomic mass is 16.5. The number of nitrogens with one attached hydrogen (secondary N) is 1. The van der Waals surface area contributed by atoms with E-state index in [0.29, 0.717) is 6.42 Å². The number of hydrogen-bond donors (Lipinski definition) is 1. The van der Waals surface area contributed by atoms with Crippen LogP contribution in [0.1, 0.15) is 23.6 Å². The van der Waals surface area contributed by atoms with E-state index < -0.39 is 6.09 Å². The molecule has 2 aromatic rings. The fourth-order valence-corrected chi connectivity index (χ4v) is 2.29. The first kappa shape index (κ1) is 16.6. The molecule has 120 valence electrons. The van der Waals surface area contributed by atoms with Crippen molar-refractivity contribution in [2.75, 3.05) is 7.11 Å². The standard InChI is InChI=1S/C19H21NO3/c1-3-9-17(16-12-7-8-13-18(16)22-2)20-19(21)23-14-15-10-5-4-6-11-15/h3-8,10-13,17H,1,9,14H2,2H3,(H,20,21). The van der Waals surface area contributed by atoms with Crippen LogP contribution in [0.15, 0.2) is 67.3 Å². The first-order chi connectivity index (χ1) is 11.2. The van der Waals surface area contributed by atoms with Crippen LogP contribution in [0.2, 0.25) is 0 Å². The highest BCUT2D eigenvalue weighted by molar-refractivity contribution is 5.68. The van der Waals surface area contributed by atoms with Crippen molar-refractivity contribution in [2.45, 2.75) is 19.1 Å². The molecule has 4 heteroatoms. The Hall–Kier alpha value is -2.75. The lowest BCUT2D eigenvalue weighted by Crippen LogP contribution is -2.29. The predicted molar refractivity (Wildman–Crippen MR) is 90.3 cm³/mol. The Bertz CT molecular complexity index is 640. The summed E-state index contributed by atoms with van der Waals surface area (Å²) in [7, 11) is 1.61. The predicted octanol–water partition coefficient (Wildman–Crippen LogP) is 4.24. The van der Waals surface area contributed by atoms with Crippen molar-refractivity contribution >= 4 is 6.09 Å². The number of para-hydroxylation sites is 1. The molecule has 1 atom stereocenters. The molecule has 0 heterocycles. The second-order valence-electron chi connectivity index (χ2n) is 5.02. The SMILES string of the molecule is C=CCC(NC(=O)OCc1ccccc1)c1ccccc1OC. The summed E-state index contributed by atoms with van der Waals surface area (Å²) < 4.78 is 10.6. The average molecular weight is 311 g/mol. The van der Waals surface area contributed by atoms with Gasteiger partial charge >= 0.3 is 6.09 Å². The van der Waals surface area contributed by atoms with Crippen LogP contribution >= 0.6 is 0 Å². The van der Waals surface area contributed by atoms with Crippen LogP contribution in [0, 0.1) is 0 Å². The van der Waals surface area contributed by atoms with Crippen LogP contribution in [0.3, 0.4) is 0 Å². The lowest BCUT2D eigenvalue weighted by molar-refractivity contribution is 0.135. The topological polar surface area (TPSA) is 47.6 Å². The number of ether oxygens (including phenoxy) is 2. The molecule has 23 heavy (non-hydrogen) atoms. The number of rotatable bonds is 7. The molecular formula is C19H21NO3. The number of hydrogen-bond acceptors (Lipinski definition) is 3. The Labute approximate surface area is 136 Å². The lowest BCUT2D eigenvalue weighted by Gasteiger charge is -2.20. The molecule has 0 saturated heterocycles. The Morgan fingerprint density at radius 3 is 2.57 bits per heavy atom. The maximum Gasteiger partial charge on any atom is 0.407 e. The molecule has 1 unspecified atom stereocenters. The number of benzene rings is 2. The molecular weight excluding hydrogens is 290 g/mol. The van der Waals surface area contributed by atoms with Gasteiger partial charge in [0.15, 0.2) is 0 Å². The minimum Gasteiger partial charge on any atom is -0.496 e. The van der Waals surface area contributed by atoms with Crippen LogP contribution < -0.4 is 10.1 Å². The van der Waals surface area contributed by atoms with E-state index in [4.69, 9.17) is 9.47 Å². The van der Waals surface area contributed by atoms with E-state index in [1.807, 2.05) is 54.6 Å². The van der Waals surface area contributed by atoms with E-state index in [-0.39, 0.29) is 12.6 Å². The Morgan fingerprint density at radius 1 is 1.17 bits per heavy atom. The molecule has 1 N–H and O–H groups in total. The maximum atomic E-state index is 12.1. The molecule has 0 saturated carbocycles. The Morgan fingerprint density at radius 2 is 1.87 bits per heavy atom. The monoisotopic (exact) mass is 311 g/mol. The fourth-order valence-electron chi connectivity index (χ4n) is 2.29. The van der Waals surface area contributed by atoms with Crippen LogP contribution in [-0.2, 0) is 11.3 Å². The molecule has 0 aliphatic rings. The highest BCUT2D eigenvalue weighted by Gasteiger charge is 2.17. The molecule has 0 bridgehead atoms. The quantitative estimate of drug-likeness (QED) is 0.778. The van der Waals surface area contributed by atoms with Gasteiger partial charge in [0, 0.05) is 5.56 Å². The number of carbonyl (C=O) groups excluding carboxylic acids is 1. The maximum absolute atomic E-state index is 12.1. The van der Waals surface area contributed by atoms with Gasteiger partial charge in [0.25, 0.3) is 0 Å². The Kier molecular flexibility index (Phi) is 6.24. The average Bonchev–Trinajstić information content (AvgIpc) is 2.60.